The molecule has 0 unspecified atom stereocenters. The number of methoxy groups -OCH3 is 1. The van der Waals surface area contributed by atoms with Crippen molar-refractivity contribution in [2.75, 3.05) is 19.4 Å². The summed E-state index contributed by atoms with van der Waals surface area (Å²) >= 11 is 3.10. The van der Waals surface area contributed by atoms with Gasteiger partial charge in [-0.05, 0) is 25.3 Å². The SMILES string of the molecule is COC(=O)C(C)(C)CNC(=O)CSc1cccs1. The Morgan fingerprint density at radius 1 is 1.50 bits per heavy atom. The van der Waals surface area contributed by atoms with Crippen LogP contribution in [0.5, 0.6) is 0 Å². The number of hydrogen-bond acceptors (Lipinski definition) is 5. The smallest absolute Gasteiger partial charge is 0.313 e. The number of amides is 1. The van der Waals surface area contributed by atoms with E-state index < -0.39 is 5.41 Å². The first kappa shape index (κ1) is 15.0. The van der Waals surface area contributed by atoms with Crippen molar-refractivity contribution in [3.63, 3.8) is 0 Å². The maximum Gasteiger partial charge on any atom is 0.313 e. The Bertz CT molecular complexity index is 401. The number of hydrogen-bond donors (Lipinski definition) is 1. The lowest BCUT2D eigenvalue weighted by Crippen LogP contribution is -2.40. The number of carbonyl (C=O) groups is 2. The topological polar surface area (TPSA) is 55.4 Å². The lowest BCUT2D eigenvalue weighted by molar-refractivity contribution is -0.150. The molecule has 18 heavy (non-hydrogen) atoms. The maximum atomic E-state index is 11.6. The van der Waals surface area contributed by atoms with Crippen LogP contribution in [0.25, 0.3) is 0 Å². The highest BCUT2D eigenvalue weighted by Crippen LogP contribution is 2.23. The Morgan fingerprint density at radius 2 is 2.22 bits per heavy atom. The Labute approximate surface area is 115 Å². The fourth-order valence-corrected chi connectivity index (χ4v) is 2.82. The summed E-state index contributed by atoms with van der Waals surface area (Å²) in [6.07, 6.45) is 0. The molecule has 0 aliphatic rings. The molecule has 0 saturated carbocycles. The highest BCUT2D eigenvalue weighted by Gasteiger charge is 2.28. The zero-order chi connectivity index (χ0) is 13.6. The van der Waals surface area contributed by atoms with Gasteiger partial charge in [-0.25, -0.2) is 0 Å². The monoisotopic (exact) mass is 287 g/mol. The van der Waals surface area contributed by atoms with Gasteiger partial charge in [-0.15, -0.1) is 23.1 Å². The van der Waals surface area contributed by atoms with Crippen LogP contribution in [-0.2, 0) is 14.3 Å². The minimum absolute atomic E-state index is 0.0784. The molecular formula is C12H17NO3S2. The van der Waals surface area contributed by atoms with E-state index in [0.29, 0.717) is 5.75 Å². The van der Waals surface area contributed by atoms with E-state index in [1.165, 1.54) is 18.9 Å². The third-order valence-corrected chi connectivity index (χ3v) is 4.44. The molecular weight excluding hydrogens is 270 g/mol. The largest absolute Gasteiger partial charge is 0.469 e. The molecule has 0 aromatic carbocycles. The number of esters is 1. The van der Waals surface area contributed by atoms with Gasteiger partial charge >= 0.3 is 5.97 Å². The van der Waals surface area contributed by atoms with Crippen LogP contribution < -0.4 is 5.32 Å². The van der Waals surface area contributed by atoms with Crippen LogP contribution in [-0.4, -0.2) is 31.3 Å². The van der Waals surface area contributed by atoms with Gasteiger partial charge < -0.3 is 10.1 Å². The lowest BCUT2D eigenvalue weighted by atomic mass is 9.94. The van der Waals surface area contributed by atoms with Crippen LogP contribution in [0.4, 0.5) is 0 Å². The van der Waals surface area contributed by atoms with Crippen molar-refractivity contribution in [2.24, 2.45) is 5.41 Å². The Morgan fingerprint density at radius 3 is 2.78 bits per heavy atom. The van der Waals surface area contributed by atoms with Crippen molar-refractivity contribution in [2.45, 2.75) is 18.1 Å². The van der Waals surface area contributed by atoms with Crippen molar-refractivity contribution in [1.82, 2.24) is 5.32 Å². The van der Waals surface area contributed by atoms with Gasteiger partial charge in [-0.1, -0.05) is 6.07 Å². The van der Waals surface area contributed by atoms with E-state index in [1.54, 1.807) is 25.2 Å². The molecule has 6 heteroatoms. The summed E-state index contributed by atoms with van der Waals surface area (Å²) < 4.78 is 5.78. The van der Waals surface area contributed by atoms with E-state index in [4.69, 9.17) is 0 Å². The van der Waals surface area contributed by atoms with E-state index in [1.807, 2.05) is 17.5 Å². The molecule has 0 fully saturated rings. The second-order valence-corrected chi connectivity index (χ2v) is 6.60. The molecule has 1 N–H and O–H groups in total. The number of thioether (sulfide) groups is 1. The van der Waals surface area contributed by atoms with E-state index in [-0.39, 0.29) is 18.4 Å². The van der Waals surface area contributed by atoms with E-state index in [2.05, 4.69) is 10.1 Å². The molecule has 0 bridgehead atoms. The number of ether oxygens (including phenoxy) is 1. The van der Waals surface area contributed by atoms with Crippen LogP contribution in [0.3, 0.4) is 0 Å². The average molecular weight is 287 g/mol. The first-order chi connectivity index (χ1) is 8.45. The first-order valence-electron chi connectivity index (χ1n) is 5.47. The van der Waals surface area contributed by atoms with Gasteiger partial charge in [0.1, 0.15) is 0 Å². The Hall–Kier alpha value is -1.01. The van der Waals surface area contributed by atoms with Crippen LogP contribution in [0, 0.1) is 5.41 Å². The summed E-state index contributed by atoms with van der Waals surface area (Å²) in [6.45, 7) is 3.76. The van der Waals surface area contributed by atoms with Crippen LogP contribution >= 0.6 is 23.1 Å². The molecule has 1 aromatic rings. The van der Waals surface area contributed by atoms with Crippen molar-refractivity contribution in [1.29, 1.82) is 0 Å². The van der Waals surface area contributed by atoms with Gasteiger partial charge in [0.25, 0.3) is 0 Å². The van der Waals surface area contributed by atoms with Crippen molar-refractivity contribution in [3.05, 3.63) is 17.5 Å². The van der Waals surface area contributed by atoms with Gasteiger partial charge in [0.2, 0.25) is 5.91 Å². The molecule has 4 nitrogen and oxygen atoms in total. The summed E-state index contributed by atoms with van der Waals surface area (Å²) in [5.74, 6) is -0.0447. The number of thiophene rings is 1. The first-order valence-corrected chi connectivity index (χ1v) is 7.33. The third kappa shape index (κ3) is 4.70. The molecule has 0 aliphatic carbocycles. The highest BCUT2D eigenvalue weighted by molar-refractivity contribution is 8.01. The summed E-state index contributed by atoms with van der Waals surface area (Å²) in [5, 5.41) is 4.72. The van der Waals surface area contributed by atoms with Crippen molar-refractivity contribution in [3.8, 4) is 0 Å². The Kier molecular flexibility index (Phi) is 5.68. The minimum atomic E-state index is -0.696. The third-order valence-electron chi connectivity index (χ3n) is 2.31. The summed E-state index contributed by atoms with van der Waals surface area (Å²) in [5.41, 5.74) is -0.696. The highest BCUT2D eigenvalue weighted by atomic mass is 32.2. The van der Waals surface area contributed by atoms with Gasteiger partial charge in [0.05, 0.1) is 22.5 Å². The molecule has 1 aromatic heterocycles. The molecule has 0 spiro atoms. The van der Waals surface area contributed by atoms with Gasteiger partial charge in [-0.2, -0.15) is 0 Å². The summed E-state index contributed by atoms with van der Waals surface area (Å²) in [4.78, 5) is 23.0. The zero-order valence-corrected chi connectivity index (χ0v) is 12.3. The molecule has 0 radical (unpaired) electrons. The average Bonchev–Trinajstić information content (AvgIpc) is 2.86. The number of rotatable bonds is 6. The van der Waals surface area contributed by atoms with Gasteiger partial charge in [0.15, 0.2) is 0 Å². The zero-order valence-electron chi connectivity index (χ0n) is 10.7. The molecule has 1 heterocycles. The normalized spacial score (nSPS) is 11.1. The molecule has 1 amide bonds. The summed E-state index contributed by atoms with van der Waals surface area (Å²) in [6, 6.07) is 3.92. The van der Waals surface area contributed by atoms with Crippen LogP contribution in [0.2, 0.25) is 0 Å². The van der Waals surface area contributed by atoms with E-state index >= 15 is 0 Å². The maximum absolute atomic E-state index is 11.6. The molecule has 0 saturated heterocycles. The van der Waals surface area contributed by atoms with Gasteiger partial charge in [-0.3, -0.25) is 9.59 Å². The fourth-order valence-electron chi connectivity index (χ4n) is 1.20. The fraction of sp³-hybridized carbons (Fsp3) is 0.500. The predicted molar refractivity (Wildman–Crippen MR) is 73.8 cm³/mol. The predicted octanol–water partition coefficient (Wildman–Crippen LogP) is 2.16. The lowest BCUT2D eigenvalue weighted by Gasteiger charge is -2.21. The van der Waals surface area contributed by atoms with Gasteiger partial charge in [0, 0.05) is 6.54 Å². The summed E-state index contributed by atoms with van der Waals surface area (Å²) in [7, 11) is 1.35. The van der Waals surface area contributed by atoms with E-state index in [9.17, 15) is 9.59 Å². The quantitative estimate of drug-likeness (QED) is 0.643. The van der Waals surface area contributed by atoms with Crippen LogP contribution in [0.1, 0.15) is 13.8 Å². The standard InChI is InChI=1S/C12H17NO3S2/c1-12(2,11(15)16-3)8-13-9(14)7-18-10-5-4-6-17-10/h4-6H,7-8H2,1-3H3,(H,13,14). The van der Waals surface area contributed by atoms with Crippen molar-refractivity contribution >= 4 is 35.0 Å². The molecule has 1 rings (SSSR count). The number of carbonyl (C=O) groups excluding carboxylic acids is 2. The molecule has 0 aliphatic heterocycles. The van der Waals surface area contributed by atoms with E-state index in [0.717, 1.165) is 4.21 Å². The Balaban J connectivity index is 2.30. The van der Waals surface area contributed by atoms with Crippen LogP contribution in [0.15, 0.2) is 21.7 Å². The second-order valence-electron chi connectivity index (χ2n) is 4.37. The number of nitrogens with one attached hydrogen (secondary N) is 1. The molecule has 100 valence electrons. The van der Waals surface area contributed by atoms with Crippen molar-refractivity contribution < 1.29 is 14.3 Å². The minimum Gasteiger partial charge on any atom is -0.469 e. The molecule has 0 atom stereocenters. The second kappa shape index (κ2) is 6.80.